The van der Waals surface area contributed by atoms with Gasteiger partial charge in [0.2, 0.25) is 0 Å². The lowest BCUT2D eigenvalue weighted by atomic mass is 10.2. The summed E-state index contributed by atoms with van der Waals surface area (Å²) in [6.45, 7) is 5.23. The van der Waals surface area contributed by atoms with Crippen LogP contribution < -0.4 is 0 Å². The van der Waals surface area contributed by atoms with Gasteiger partial charge in [-0.15, -0.1) is 12.4 Å². The van der Waals surface area contributed by atoms with Crippen LogP contribution in [0.5, 0.6) is 0 Å². The summed E-state index contributed by atoms with van der Waals surface area (Å²) in [6, 6.07) is 10.2. The van der Waals surface area contributed by atoms with Crippen molar-refractivity contribution in [1.29, 1.82) is 0 Å². The Labute approximate surface area is 135 Å². The Hall–Kier alpha value is -1.56. The van der Waals surface area contributed by atoms with Crippen molar-refractivity contribution >= 4 is 29.3 Å². The maximum atomic E-state index is 10.6. The van der Waals surface area contributed by atoms with Crippen LogP contribution in [0.15, 0.2) is 34.7 Å². The van der Waals surface area contributed by atoms with E-state index in [0.717, 1.165) is 49.5 Å². The van der Waals surface area contributed by atoms with E-state index in [2.05, 4.69) is 21.9 Å². The number of benzene rings is 1. The molecule has 0 spiro atoms. The number of aliphatic carboxylic acids is 1. The molecule has 2 heterocycles. The lowest BCUT2D eigenvalue weighted by molar-refractivity contribution is -0.137. The van der Waals surface area contributed by atoms with Crippen molar-refractivity contribution in [1.82, 2.24) is 9.80 Å². The van der Waals surface area contributed by atoms with E-state index < -0.39 is 5.97 Å². The number of fused-ring (bicyclic) bond motifs is 1. The lowest BCUT2D eigenvalue weighted by Crippen LogP contribution is -2.46. The van der Waals surface area contributed by atoms with Crippen LogP contribution in [0.2, 0.25) is 0 Å². The second-order valence-corrected chi connectivity index (χ2v) is 5.51. The Morgan fingerprint density at radius 3 is 2.50 bits per heavy atom. The molecule has 0 aliphatic carbocycles. The molecule has 3 rings (SSSR count). The maximum absolute atomic E-state index is 10.6. The summed E-state index contributed by atoms with van der Waals surface area (Å²) in [7, 11) is 0. The Morgan fingerprint density at radius 2 is 1.82 bits per heavy atom. The number of nitrogens with zero attached hydrogens (tertiary/aromatic N) is 2. The molecule has 1 aromatic carbocycles. The highest BCUT2D eigenvalue weighted by Gasteiger charge is 2.18. The van der Waals surface area contributed by atoms with Gasteiger partial charge in [0.1, 0.15) is 11.3 Å². The maximum Gasteiger partial charge on any atom is 0.304 e. The van der Waals surface area contributed by atoms with Crippen molar-refractivity contribution < 1.29 is 14.3 Å². The molecule has 1 N–H and O–H groups in total. The van der Waals surface area contributed by atoms with Crippen LogP contribution in [0.1, 0.15) is 12.2 Å². The number of para-hydroxylation sites is 1. The minimum absolute atomic E-state index is 0. The van der Waals surface area contributed by atoms with Crippen LogP contribution in [0.4, 0.5) is 0 Å². The zero-order valence-corrected chi connectivity index (χ0v) is 13.2. The second kappa shape index (κ2) is 7.63. The molecular formula is C16H21ClN2O3. The Balaban J connectivity index is 0.00000176. The van der Waals surface area contributed by atoms with Gasteiger partial charge in [0, 0.05) is 38.1 Å². The predicted molar refractivity (Wildman–Crippen MR) is 87.4 cm³/mol. The van der Waals surface area contributed by atoms with E-state index in [9.17, 15) is 4.79 Å². The van der Waals surface area contributed by atoms with Crippen LogP contribution >= 0.6 is 12.4 Å². The highest BCUT2D eigenvalue weighted by Crippen LogP contribution is 2.20. The van der Waals surface area contributed by atoms with Crippen molar-refractivity contribution in [3.8, 4) is 0 Å². The third-order valence-electron chi connectivity index (χ3n) is 3.96. The van der Waals surface area contributed by atoms with E-state index in [0.29, 0.717) is 6.54 Å². The lowest BCUT2D eigenvalue weighted by Gasteiger charge is -2.33. The van der Waals surface area contributed by atoms with Crippen molar-refractivity contribution in [2.24, 2.45) is 0 Å². The van der Waals surface area contributed by atoms with Gasteiger partial charge in [0.05, 0.1) is 13.0 Å². The van der Waals surface area contributed by atoms with E-state index in [1.165, 1.54) is 0 Å². The molecule has 1 saturated heterocycles. The predicted octanol–water partition coefficient (Wildman–Crippen LogP) is 2.45. The number of rotatable bonds is 5. The van der Waals surface area contributed by atoms with Gasteiger partial charge in [0.25, 0.3) is 0 Å². The first-order valence-corrected chi connectivity index (χ1v) is 7.35. The third kappa shape index (κ3) is 4.22. The van der Waals surface area contributed by atoms with Crippen LogP contribution in [0, 0.1) is 0 Å². The minimum Gasteiger partial charge on any atom is -0.481 e. The number of furan rings is 1. The normalized spacial score (nSPS) is 16.5. The number of piperazine rings is 1. The molecular weight excluding hydrogens is 304 g/mol. The molecule has 1 aliphatic rings. The molecule has 0 saturated carbocycles. The third-order valence-corrected chi connectivity index (χ3v) is 3.96. The standard InChI is InChI=1S/C16H20N2O3.ClH/c19-16(20)5-6-17-7-9-18(10-8-17)12-14-11-13-3-1-2-4-15(13)21-14;/h1-4,11H,5-10,12H2,(H,19,20);1H. The minimum atomic E-state index is -0.722. The quantitative estimate of drug-likeness (QED) is 0.915. The van der Waals surface area contributed by atoms with Gasteiger partial charge in [-0.1, -0.05) is 18.2 Å². The molecule has 1 aliphatic heterocycles. The average Bonchev–Trinajstić information content (AvgIpc) is 2.88. The first-order valence-electron chi connectivity index (χ1n) is 7.35. The van der Waals surface area contributed by atoms with Crippen LogP contribution in [-0.4, -0.2) is 53.6 Å². The Morgan fingerprint density at radius 1 is 1.14 bits per heavy atom. The zero-order valence-electron chi connectivity index (χ0n) is 12.4. The molecule has 1 fully saturated rings. The summed E-state index contributed by atoms with van der Waals surface area (Å²) in [5.74, 6) is 0.273. The smallest absolute Gasteiger partial charge is 0.304 e. The van der Waals surface area contributed by atoms with Crippen molar-refractivity contribution in [3.05, 3.63) is 36.1 Å². The van der Waals surface area contributed by atoms with E-state index in [1.54, 1.807) is 0 Å². The van der Waals surface area contributed by atoms with Gasteiger partial charge in [0.15, 0.2) is 0 Å². The first-order chi connectivity index (χ1) is 10.2. The summed E-state index contributed by atoms with van der Waals surface area (Å²) < 4.78 is 5.84. The van der Waals surface area contributed by atoms with Gasteiger partial charge in [-0.25, -0.2) is 0 Å². The van der Waals surface area contributed by atoms with Gasteiger partial charge in [-0.05, 0) is 12.1 Å². The van der Waals surface area contributed by atoms with Crippen molar-refractivity contribution in [3.63, 3.8) is 0 Å². The zero-order chi connectivity index (χ0) is 14.7. The SMILES string of the molecule is Cl.O=C(O)CCN1CCN(Cc2cc3ccccc3o2)CC1. The number of hydrogen-bond donors (Lipinski definition) is 1. The van der Waals surface area contributed by atoms with Gasteiger partial charge in [-0.2, -0.15) is 0 Å². The molecule has 0 atom stereocenters. The van der Waals surface area contributed by atoms with Crippen LogP contribution in [-0.2, 0) is 11.3 Å². The fraction of sp³-hybridized carbons (Fsp3) is 0.438. The highest BCUT2D eigenvalue weighted by atomic mass is 35.5. The first kappa shape index (κ1) is 16.8. The molecule has 0 radical (unpaired) electrons. The fourth-order valence-electron chi connectivity index (χ4n) is 2.76. The van der Waals surface area contributed by atoms with Gasteiger partial charge >= 0.3 is 5.97 Å². The van der Waals surface area contributed by atoms with E-state index >= 15 is 0 Å². The summed E-state index contributed by atoms with van der Waals surface area (Å²) in [5, 5.41) is 9.86. The monoisotopic (exact) mass is 324 g/mol. The van der Waals surface area contributed by atoms with Gasteiger partial charge < -0.3 is 14.4 Å². The number of carboxylic acids is 1. The van der Waals surface area contributed by atoms with Crippen LogP contribution in [0.3, 0.4) is 0 Å². The number of carboxylic acid groups (broad SMARTS) is 1. The molecule has 0 amide bonds. The number of halogens is 1. The molecule has 120 valence electrons. The Kier molecular flexibility index (Phi) is 5.83. The second-order valence-electron chi connectivity index (χ2n) is 5.51. The van der Waals surface area contributed by atoms with Crippen LogP contribution in [0.25, 0.3) is 11.0 Å². The fourth-order valence-corrected chi connectivity index (χ4v) is 2.76. The highest BCUT2D eigenvalue weighted by molar-refractivity contribution is 5.85. The van der Waals surface area contributed by atoms with E-state index in [-0.39, 0.29) is 18.8 Å². The largest absolute Gasteiger partial charge is 0.481 e. The molecule has 6 heteroatoms. The molecule has 1 aromatic heterocycles. The number of hydrogen-bond acceptors (Lipinski definition) is 4. The summed E-state index contributed by atoms with van der Waals surface area (Å²) >= 11 is 0. The van der Waals surface area contributed by atoms with E-state index in [4.69, 9.17) is 9.52 Å². The Bertz CT molecular complexity index is 588. The summed E-state index contributed by atoms with van der Waals surface area (Å²) in [5.41, 5.74) is 0.938. The summed E-state index contributed by atoms with van der Waals surface area (Å²) in [6.07, 6.45) is 0.226. The average molecular weight is 325 g/mol. The summed E-state index contributed by atoms with van der Waals surface area (Å²) in [4.78, 5) is 15.2. The molecule has 0 unspecified atom stereocenters. The molecule has 0 bridgehead atoms. The van der Waals surface area contributed by atoms with Crippen molar-refractivity contribution in [2.45, 2.75) is 13.0 Å². The van der Waals surface area contributed by atoms with E-state index in [1.807, 2.05) is 18.2 Å². The number of carbonyl (C=O) groups is 1. The van der Waals surface area contributed by atoms with Crippen molar-refractivity contribution in [2.75, 3.05) is 32.7 Å². The molecule has 22 heavy (non-hydrogen) atoms. The topological polar surface area (TPSA) is 56.9 Å². The molecule has 2 aromatic rings. The molecule has 5 nitrogen and oxygen atoms in total. The van der Waals surface area contributed by atoms with Gasteiger partial charge in [-0.3, -0.25) is 9.69 Å².